The van der Waals surface area contributed by atoms with Gasteiger partial charge in [-0.2, -0.15) is 0 Å². The monoisotopic (exact) mass is 221 g/mol. The van der Waals surface area contributed by atoms with Gasteiger partial charge in [-0.25, -0.2) is 9.97 Å². The topological polar surface area (TPSA) is 49.2 Å². The zero-order valence-electron chi connectivity index (χ0n) is 10.4. The second-order valence-electron chi connectivity index (χ2n) is 5.23. The summed E-state index contributed by atoms with van der Waals surface area (Å²) in [5, 5.41) is 9.71. The summed E-state index contributed by atoms with van der Waals surface area (Å²) in [7, 11) is 0. The highest BCUT2D eigenvalue weighted by molar-refractivity contribution is 5.44. The third-order valence-corrected chi connectivity index (χ3v) is 2.76. The number of aliphatic hydroxyl groups is 1. The molecule has 4 heteroatoms. The Morgan fingerprint density at radius 1 is 1.38 bits per heavy atom. The van der Waals surface area contributed by atoms with E-state index >= 15 is 0 Å². The molecule has 0 saturated carbocycles. The van der Waals surface area contributed by atoms with Crippen molar-refractivity contribution in [1.82, 2.24) is 9.97 Å². The van der Waals surface area contributed by atoms with Crippen molar-refractivity contribution in [2.24, 2.45) is 0 Å². The molecule has 2 rings (SSSR count). The fourth-order valence-corrected chi connectivity index (χ4v) is 1.93. The molecular weight excluding hydrogens is 202 g/mol. The predicted molar refractivity (Wildman–Crippen MR) is 63.7 cm³/mol. The molecule has 1 N–H and O–H groups in total. The van der Waals surface area contributed by atoms with E-state index in [2.05, 4.69) is 28.7 Å². The lowest BCUT2D eigenvalue weighted by Gasteiger charge is -2.45. The molecule has 1 saturated heterocycles. The van der Waals surface area contributed by atoms with Crippen LogP contribution in [0.15, 0.2) is 6.07 Å². The first-order valence-electron chi connectivity index (χ1n) is 5.70. The number of anilines is 1. The Labute approximate surface area is 96.3 Å². The van der Waals surface area contributed by atoms with Crippen LogP contribution in [0.2, 0.25) is 0 Å². The van der Waals surface area contributed by atoms with Gasteiger partial charge in [0.15, 0.2) is 0 Å². The van der Waals surface area contributed by atoms with Crippen molar-refractivity contribution in [1.29, 1.82) is 0 Å². The number of β-amino-alcohol motifs (C(OH)–C–C–N with tert-alkyl or cyclic N) is 1. The quantitative estimate of drug-likeness (QED) is 0.821. The Balaban J connectivity index is 2.22. The van der Waals surface area contributed by atoms with E-state index in [9.17, 15) is 5.11 Å². The molecule has 1 aromatic heterocycles. The number of hydrogen-bond acceptors (Lipinski definition) is 4. The van der Waals surface area contributed by atoms with Gasteiger partial charge in [0.1, 0.15) is 11.6 Å². The minimum Gasteiger partial charge on any atom is -0.386 e. The normalized spacial score (nSPS) is 18.8. The summed E-state index contributed by atoms with van der Waals surface area (Å²) in [6, 6.07) is 1.97. The summed E-state index contributed by atoms with van der Waals surface area (Å²) in [4.78, 5) is 11.0. The maximum atomic E-state index is 9.71. The fourth-order valence-electron chi connectivity index (χ4n) is 1.93. The molecule has 2 heterocycles. The van der Waals surface area contributed by atoms with Crippen LogP contribution >= 0.6 is 0 Å². The van der Waals surface area contributed by atoms with Gasteiger partial charge in [0.05, 0.1) is 5.60 Å². The lowest BCUT2D eigenvalue weighted by Crippen LogP contribution is -2.60. The average molecular weight is 221 g/mol. The number of rotatable bonds is 2. The van der Waals surface area contributed by atoms with Crippen molar-refractivity contribution in [2.75, 3.05) is 18.0 Å². The highest BCUT2D eigenvalue weighted by Crippen LogP contribution is 2.26. The van der Waals surface area contributed by atoms with Gasteiger partial charge in [0.25, 0.3) is 0 Å². The van der Waals surface area contributed by atoms with Crippen molar-refractivity contribution >= 4 is 5.82 Å². The number of aromatic nitrogens is 2. The zero-order chi connectivity index (χ0) is 11.9. The van der Waals surface area contributed by atoms with Gasteiger partial charge in [0, 0.05) is 30.8 Å². The van der Waals surface area contributed by atoms with Crippen LogP contribution in [0.25, 0.3) is 0 Å². The number of hydrogen-bond donors (Lipinski definition) is 1. The number of nitrogens with zero attached hydrogens (tertiary/aromatic N) is 3. The zero-order valence-corrected chi connectivity index (χ0v) is 10.4. The van der Waals surface area contributed by atoms with Crippen LogP contribution in [0.4, 0.5) is 5.82 Å². The Morgan fingerprint density at radius 3 is 2.50 bits per heavy atom. The molecule has 0 aliphatic carbocycles. The molecule has 0 spiro atoms. The highest BCUT2D eigenvalue weighted by Gasteiger charge is 2.37. The second kappa shape index (κ2) is 3.70. The molecule has 0 radical (unpaired) electrons. The molecule has 1 aliphatic rings. The van der Waals surface area contributed by atoms with Crippen molar-refractivity contribution < 1.29 is 5.11 Å². The van der Waals surface area contributed by atoms with Crippen LogP contribution in [0.1, 0.15) is 38.2 Å². The van der Waals surface area contributed by atoms with E-state index in [0.717, 1.165) is 17.3 Å². The Morgan fingerprint density at radius 2 is 2.00 bits per heavy atom. The van der Waals surface area contributed by atoms with Gasteiger partial charge < -0.3 is 10.0 Å². The lowest BCUT2D eigenvalue weighted by molar-refractivity contribution is 0.0305. The van der Waals surface area contributed by atoms with Crippen LogP contribution in [0.3, 0.4) is 0 Å². The van der Waals surface area contributed by atoms with Gasteiger partial charge in [-0.3, -0.25) is 0 Å². The number of aryl methyl sites for hydroxylation is 1. The first kappa shape index (κ1) is 11.3. The molecule has 88 valence electrons. The van der Waals surface area contributed by atoms with Crippen LogP contribution < -0.4 is 4.90 Å². The fraction of sp³-hybridized carbons (Fsp3) is 0.667. The second-order valence-corrected chi connectivity index (χ2v) is 5.23. The standard InChI is InChI=1S/C12H19N3O/c1-8(2)11-13-9(3)5-10(14-11)15-6-12(4,16)7-15/h5,8,16H,6-7H2,1-4H3. The van der Waals surface area contributed by atoms with E-state index < -0.39 is 5.60 Å². The molecule has 0 bridgehead atoms. The Bertz CT molecular complexity index is 393. The van der Waals surface area contributed by atoms with Gasteiger partial charge in [-0.15, -0.1) is 0 Å². The van der Waals surface area contributed by atoms with Crippen LogP contribution in [0, 0.1) is 6.92 Å². The first-order valence-corrected chi connectivity index (χ1v) is 5.70. The maximum Gasteiger partial charge on any atom is 0.133 e. The van der Waals surface area contributed by atoms with Crippen LogP contribution in [-0.4, -0.2) is 33.8 Å². The Kier molecular flexibility index (Phi) is 2.62. The minimum absolute atomic E-state index is 0.334. The van der Waals surface area contributed by atoms with Gasteiger partial charge in [-0.05, 0) is 13.8 Å². The average Bonchev–Trinajstić information content (AvgIpc) is 2.12. The van der Waals surface area contributed by atoms with Crippen LogP contribution in [0.5, 0.6) is 0 Å². The minimum atomic E-state index is -0.559. The smallest absolute Gasteiger partial charge is 0.133 e. The van der Waals surface area contributed by atoms with Crippen LogP contribution in [-0.2, 0) is 0 Å². The van der Waals surface area contributed by atoms with E-state index in [0.29, 0.717) is 19.0 Å². The van der Waals surface area contributed by atoms with Gasteiger partial charge in [-0.1, -0.05) is 13.8 Å². The summed E-state index contributed by atoms with van der Waals surface area (Å²) in [5.74, 6) is 2.14. The highest BCUT2D eigenvalue weighted by atomic mass is 16.3. The SMILES string of the molecule is Cc1cc(N2CC(C)(O)C2)nc(C(C)C)n1. The molecule has 0 amide bonds. The van der Waals surface area contributed by atoms with Gasteiger partial charge >= 0.3 is 0 Å². The van der Waals surface area contributed by atoms with Crippen molar-refractivity contribution in [3.63, 3.8) is 0 Å². The van der Waals surface area contributed by atoms with E-state index in [-0.39, 0.29) is 0 Å². The third-order valence-electron chi connectivity index (χ3n) is 2.76. The van der Waals surface area contributed by atoms with E-state index in [1.54, 1.807) is 0 Å². The molecular formula is C12H19N3O. The molecule has 0 aromatic carbocycles. The molecule has 0 atom stereocenters. The third kappa shape index (κ3) is 2.16. The van der Waals surface area contributed by atoms with Crippen molar-refractivity contribution in [2.45, 2.75) is 39.2 Å². The molecule has 4 nitrogen and oxygen atoms in total. The van der Waals surface area contributed by atoms with Crippen molar-refractivity contribution in [3.05, 3.63) is 17.6 Å². The molecule has 16 heavy (non-hydrogen) atoms. The largest absolute Gasteiger partial charge is 0.386 e. The molecule has 0 unspecified atom stereocenters. The van der Waals surface area contributed by atoms with E-state index in [1.807, 2.05) is 19.9 Å². The predicted octanol–water partition coefficient (Wildman–Crippen LogP) is 1.48. The van der Waals surface area contributed by atoms with E-state index in [1.165, 1.54) is 0 Å². The summed E-state index contributed by atoms with van der Waals surface area (Å²) in [6.07, 6.45) is 0. The molecule has 1 aliphatic heterocycles. The summed E-state index contributed by atoms with van der Waals surface area (Å²) in [6.45, 7) is 9.31. The summed E-state index contributed by atoms with van der Waals surface area (Å²) < 4.78 is 0. The van der Waals surface area contributed by atoms with Gasteiger partial charge in [0.2, 0.25) is 0 Å². The lowest BCUT2D eigenvalue weighted by atomic mass is 9.97. The molecule has 1 aromatic rings. The van der Waals surface area contributed by atoms with E-state index in [4.69, 9.17) is 0 Å². The first-order chi connectivity index (χ1) is 7.37. The maximum absolute atomic E-state index is 9.71. The van der Waals surface area contributed by atoms with Crippen molar-refractivity contribution in [3.8, 4) is 0 Å². The Hall–Kier alpha value is -1.16. The summed E-state index contributed by atoms with van der Waals surface area (Å²) in [5.41, 5.74) is 0.428. The molecule has 1 fully saturated rings. The summed E-state index contributed by atoms with van der Waals surface area (Å²) >= 11 is 0.